The molecule has 2 aliphatic carbocycles. The summed E-state index contributed by atoms with van der Waals surface area (Å²) in [5.41, 5.74) is 16.5. The lowest BCUT2D eigenvalue weighted by atomic mass is 9.74. The van der Waals surface area contributed by atoms with Crippen molar-refractivity contribution in [2.24, 2.45) is 0 Å². The summed E-state index contributed by atoms with van der Waals surface area (Å²) in [5, 5.41) is 0. The van der Waals surface area contributed by atoms with Gasteiger partial charge in [-0.1, -0.05) is 125 Å². The number of rotatable bonds is 5. The Hall–Kier alpha value is -4.90. The van der Waals surface area contributed by atoms with Crippen LogP contribution in [0.4, 0.5) is 17.1 Å². The zero-order valence-corrected chi connectivity index (χ0v) is 31.5. The van der Waals surface area contributed by atoms with Gasteiger partial charge in [0.2, 0.25) is 0 Å². The van der Waals surface area contributed by atoms with Crippen molar-refractivity contribution in [3.8, 4) is 33.4 Å². The Morgan fingerprint density at radius 1 is 0.404 bits per heavy atom. The summed E-state index contributed by atoms with van der Waals surface area (Å²) in [6.45, 7) is 17.8. The van der Waals surface area contributed by atoms with Gasteiger partial charge in [-0.2, -0.15) is 0 Å². The number of benzene rings is 6. The molecule has 0 atom stereocenters. The molecule has 1 aliphatic heterocycles. The van der Waals surface area contributed by atoms with Gasteiger partial charge in [0, 0.05) is 27.9 Å². The van der Waals surface area contributed by atoms with Crippen LogP contribution in [0, 0.1) is 0 Å². The van der Waals surface area contributed by atoms with Crippen molar-refractivity contribution in [3.63, 3.8) is 0 Å². The topological polar surface area (TPSA) is 21.7 Å². The fraction of sp³-hybridized carbons (Fsp3) is 0.250. The van der Waals surface area contributed by atoms with E-state index in [-0.39, 0.29) is 22.0 Å². The maximum atomic E-state index is 6.48. The van der Waals surface area contributed by atoms with E-state index >= 15 is 0 Å². The molecule has 0 N–H and O–H groups in total. The molecule has 9 rings (SSSR count). The minimum atomic E-state index is -0.394. The Morgan fingerprint density at radius 2 is 0.904 bits per heavy atom. The molecule has 1 saturated heterocycles. The summed E-state index contributed by atoms with van der Waals surface area (Å²) in [6, 6.07) is 49.4. The third-order valence-electron chi connectivity index (χ3n) is 12.5. The van der Waals surface area contributed by atoms with Crippen LogP contribution < -0.4 is 10.4 Å². The van der Waals surface area contributed by atoms with Gasteiger partial charge < -0.3 is 14.2 Å². The Balaban J connectivity index is 1.16. The zero-order valence-electron chi connectivity index (χ0n) is 31.5. The van der Waals surface area contributed by atoms with Crippen molar-refractivity contribution in [2.45, 2.75) is 77.4 Å². The van der Waals surface area contributed by atoms with Gasteiger partial charge >= 0.3 is 7.12 Å². The Morgan fingerprint density at radius 3 is 1.62 bits per heavy atom. The van der Waals surface area contributed by atoms with Crippen LogP contribution in [0.3, 0.4) is 0 Å². The van der Waals surface area contributed by atoms with E-state index in [4.69, 9.17) is 9.31 Å². The van der Waals surface area contributed by atoms with E-state index in [1.165, 1.54) is 55.6 Å². The lowest BCUT2D eigenvalue weighted by Gasteiger charge is -2.32. The lowest BCUT2D eigenvalue weighted by Crippen LogP contribution is -2.41. The number of nitrogens with zero attached hydrogens (tertiary/aromatic N) is 1. The normalized spacial score (nSPS) is 18.0. The van der Waals surface area contributed by atoms with E-state index in [1.807, 2.05) is 0 Å². The predicted molar refractivity (Wildman–Crippen MR) is 217 cm³/mol. The van der Waals surface area contributed by atoms with Crippen LogP contribution in [-0.4, -0.2) is 18.3 Å². The van der Waals surface area contributed by atoms with E-state index in [9.17, 15) is 0 Å². The molecule has 0 saturated carbocycles. The average molecular weight is 680 g/mol. The van der Waals surface area contributed by atoms with Gasteiger partial charge in [0.15, 0.2) is 0 Å². The van der Waals surface area contributed by atoms with Crippen LogP contribution in [0.25, 0.3) is 33.4 Å². The highest BCUT2D eigenvalue weighted by Crippen LogP contribution is 2.53. The van der Waals surface area contributed by atoms with E-state index in [1.54, 1.807) is 0 Å². The van der Waals surface area contributed by atoms with Crippen molar-refractivity contribution in [1.82, 2.24) is 0 Å². The summed E-state index contributed by atoms with van der Waals surface area (Å²) in [7, 11) is -0.394. The molecule has 0 radical (unpaired) electrons. The molecule has 6 aromatic rings. The smallest absolute Gasteiger partial charge is 0.399 e. The summed E-state index contributed by atoms with van der Waals surface area (Å²) in [5.74, 6) is 0. The number of fused-ring (bicyclic) bond motifs is 6. The second-order valence-corrected chi connectivity index (χ2v) is 16.9. The quantitative estimate of drug-likeness (QED) is 0.169. The van der Waals surface area contributed by atoms with Crippen molar-refractivity contribution < 1.29 is 9.31 Å². The number of hydrogen-bond donors (Lipinski definition) is 0. The largest absolute Gasteiger partial charge is 0.494 e. The molecule has 1 heterocycles. The van der Waals surface area contributed by atoms with Crippen molar-refractivity contribution in [3.05, 3.63) is 156 Å². The zero-order chi connectivity index (χ0) is 36.2. The Kier molecular flexibility index (Phi) is 7.17. The molecular formula is C48H46BNO2. The molecule has 1 fully saturated rings. The Labute approximate surface area is 309 Å². The molecule has 6 aromatic carbocycles. The number of hydrogen-bond acceptors (Lipinski definition) is 3. The molecule has 0 amide bonds. The summed E-state index contributed by atoms with van der Waals surface area (Å²) >= 11 is 0. The average Bonchev–Trinajstić information content (AvgIpc) is 3.61. The van der Waals surface area contributed by atoms with Crippen LogP contribution in [0.5, 0.6) is 0 Å². The summed E-state index contributed by atoms with van der Waals surface area (Å²) in [6.07, 6.45) is 0. The summed E-state index contributed by atoms with van der Waals surface area (Å²) < 4.78 is 13.0. The van der Waals surface area contributed by atoms with E-state index < -0.39 is 7.12 Å². The fourth-order valence-electron chi connectivity index (χ4n) is 8.74. The first-order chi connectivity index (χ1) is 24.8. The van der Waals surface area contributed by atoms with Gasteiger partial charge in [0.1, 0.15) is 0 Å². The maximum Gasteiger partial charge on any atom is 0.494 e. The molecular weight excluding hydrogens is 633 g/mol. The minimum absolute atomic E-state index is 0.0967. The van der Waals surface area contributed by atoms with Crippen molar-refractivity contribution in [1.29, 1.82) is 0 Å². The molecule has 0 spiro atoms. The van der Waals surface area contributed by atoms with Crippen LogP contribution in [0.2, 0.25) is 0 Å². The first-order valence-electron chi connectivity index (χ1n) is 18.6. The van der Waals surface area contributed by atoms with Crippen molar-refractivity contribution >= 4 is 29.6 Å². The van der Waals surface area contributed by atoms with Crippen LogP contribution in [0.15, 0.2) is 133 Å². The van der Waals surface area contributed by atoms with Gasteiger partial charge in [0.25, 0.3) is 0 Å². The van der Waals surface area contributed by atoms with Gasteiger partial charge in [-0.15, -0.1) is 0 Å². The second kappa shape index (κ2) is 11.3. The van der Waals surface area contributed by atoms with Gasteiger partial charge in [-0.25, -0.2) is 0 Å². The second-order valence-electron chi connectivity index (χ2n) is 16.9. The third-order valence-corrected chi connectivity index (χ3v) is 12.5. The molecule has 0 aromatic heterocycles. The maximum absolute atomic E-state index is 6.48. The monoisotopic (exact) mass is 679 g/mol. The summed E-state index contributed by atoms with van der Waals surface area (Å²) in [4.78, 5) is 2.43. The van der Waals surface area contributed by atoms with Crippen molar-refractivity contribution in [2.75, 3.05) is 4.90 Å². The standard InChI is InChI=1S/C48H46BNO2/c1-45(2)41-17-13-12-16-37(41)38-26-23-36(30-44(38)45)50(34-21-18-32(19-22-34)31-14-10-9-11-15-31)35-24-27-42-40(29-35)39-25-20-33(28-43(39)46(42,3)4)49-51-47(5,6)48(7,8)52-49/h9-30H,1-8H3. The molecule has 4 heteroatoms. The molecule has 52 heavy (non-hydrogen) atoms. The first-order valence-corrected chi connectivity index (χ1v) is 18.6. The fourth-order valence-corrected chi connectivity index (χ4v) is 8.74. The highest BCUT2D eigenvalue weighted by Gasteiger charge is 2.52. The van der Waals surface area contributed by atoms with Crippen LogP contribution in [0.1, 0.15) is 77.6 Å². The SMILES string of the molecule is CC1(C)c2ccc(N(c3ccc(-c4ccccc4)cc3)c3ccc4c(c3)C(C)(C)c3ccccc3-4)cc2-c2ccc(B3OC(C)(C)C(C)(C)O3)cc21. The highest BCUT2D eigenvalue weighted by molar-refractivity contribution is 6.62. The third kappa shape index (κ3) is 4.88. The first kappa shape index (κ1) is 33.0. The van der Waals surface area contributed by atoms with Crippen LogP contribution >= 0.6 is 0 Å². The van der Waals surface area contributed by atoms with Gasteiger partial charge in [0.05, 0.1) is 11.2 Å². The Bertz CT molecular complexity index is 2360. The van der Waals surface area contributed by atoms with Gasteiger partial charge in [-0.05, 0) is 125 Å². The molecule has 258 valence electrons. The lowest BCUT2D eigenvalue weighted by molar-refractivity contribution is 0.00578. The molecule has 3 nitrogen and oxygen atoms in total. The molecule has 3 aliphatic rings. The van der Waals surface area contributed by atoms with E-state index in [0.717, 1.165) is 22.5 Å². The highest BCUT2D eigenvalue weighted by atomic mass is 16.7. The molecule has 0 unspecified atom stereocenters. The predicted octanol–water partition coefficient (Wildman–Crippen LogP) is 11.7. The van der Waals surface area contributed by atoms with E-state index in [0.29, 0.717) is 0 Å². The minimum Gasteiger partial charge on any atom is -0.399 e. The number of anilines is 3. The van der Waals surface area contributed by atoms with Crippen LogP contribution in [-0.2, 0) is 20.1 Å². The molecule has 0 bridgehead atoms. The van der Waals surface area contributed by atoms with E-state index in [2.05, 4.69) is 194 Å². The van der Waals surface area contributed by atoms with Gasteiger partial charge in [-0.3, -0.25) is 0 Å².